The van der Waals surface area contributed by atoms with Crippen LogP contribution in [0.1, 0.15) is 40.0 Å². The van der Waals surface area contributed by atoms with E-state index in [1.165, 1.54) is 4.90 Å². The van der Waals surface area contributed by atoms with Gasteiger partial charge in [-0.2, -0.15) is 0 Å². The maximum atomic E-state index is 12.8. The van der Waals surface area contributed by atoms with Crippen LogP contribution in [0.5, 0.6) is 11.5 Å². The van der Waals surface area contributed by atoms with Gasteiger partial charge in [0.1, 0.15) is 19.1 Å². The summed E-state index contributed by atoms with van der Waals surface area (Å²) in [6.07, 6.45) is 0. The number of ether oxygens (including phenoxy) is 3. The molecule has 1 atom stereocenters. The topological polar surface area (TPSA) is 61.2 Å². The molecule has 0 unspecified atom stereocenters. The fourth-order valence-corrected chi connectivity index (χ4v) is 4.06. The van der Waals surface area contributed by atoms with Crippen LogP contribution in [0.3, 0.4) is 0 Å². The van der Waals surface area contributed by atoms with Gasteiger partial charge in [-0.15, -0.1) is 0 Å². The molecule has 2 aromatic carbocycles. The van der Waals surface area contributed by atoms with Crippen LogP contribution in [0.2, 0.25) is 0 Å². The van der Waals surface area contributed by atoms with Crippen molar-refractivity contribution in [2.24, 2.45) is 0 Å². The van der Waals surface area contributed by atoms with Gasteiger partial charge in [-0.05, 0) is 51.1 Å². The first-order valence-electron chi connectivity index (χ1n) is 10.6. The number of morpholine rings is 1. The summed E-state index contributed by atoms with van der Waals surface area (Å²) in [5.74, 6) is 1.41. The molecule has 0 saturated carbocycles. The Balaban J connectivity index is 1.81. The number of carbonyl (C=O) groups excluding carboxylic acids is 1. The van der Waals surface area contributed by atoms with Gasteiger partial charge >= 0.3 is 0 Å². The van der Waals surface area contributed by atoms with E-state index in [-0.39, 0.29) is 11.9 Å². The van der Waals surface area contributed by atoms with Crippen molar-refractivity contribution in [1.29, 1.82) is 0 Å². The lowest BCUT2D eigenvalue weighted by Crippen LogP contribution is -3.15. The Bertz CT molecular complexity index is 842. The maximum Gasteiger partial charge on any atom is 0.251 e. The average Bonchev–Trinajstić information content (AvgIpc) is 2.74. The zero-order valence-corrected chi connectivity index (χ0v) is 18.4. The second-order valence-electron chi connectivity index (χ2n) is 7.75. The fourth-order valence-electron chi connectivity index (χ4n) is 4.06. The van der Waals surface area contributed by atoms with Crippen molar-refractivity contribution in [3.05, 3.63) is 58.7 Å². The lowest BCUT2D eigenvalue weighted by molar-refractivity contribution is -0.937. The predicted octanol–water partition coefficient (Wildman–Crippen LogP) is 2.10. The third kappa shape index (κ3) is 5.52. The molecule has 6 heteroatoms. The number of benzene rings is 2. The summed E-state index contributed by atoms with van der Waals surface area (Å²) in [6, 6.07) is 12.1. The number of rotatable bonds is 8. The van der Waals surface area contributed by atoms with Crippen molar-refractivity contribution in [2.75, 3.05) is 46.6 Å². The highest BCUT2D eigenvalue weighted by atomic mass is 16.5. The predicted molar refractivity (Wildman–Crippen MR) is 117 cm³/mol. The van der Waals surface area contributed by atoms with Gasteiger partial charge in [0.05, 0.1) is 33.5 Å². The van der Waals surface area contributed by atoms with Gasteiger partial charge in [0.2, 0.25) is 0 Å². The number of carbonyl (C=O) groups is 1. The van der Waals surface area contributed by atoms with Crippen LogP contribution in [-0.2, 0) is 4.74 Å². The Morgan fingerprint density at radius 3 is 2.43 bits per heavy atom. The van der Waals surface area contributed by atoms with Gasteiger partial charge in [-0.3, -0.25) is 4.79 Å². The van der Waals surface area contributed by atoms with Gasteiger partial charge in [0, 0.05) is 11.1 Å². The van der Waals surface area contributed by atoms with Crippen LogP contribution in [0.15, 0.2) is 36.4 Å². The van der Waals surface area contributed by atoms with E-state index in [0.717, 1.165) is 48.7 Å². The Morgan fingerprint density at radius 1 is 1.10 bits per heavy atom. The monoisotopic (exact) mass is 413 g/mol. The van der Waals surface area contributed by atoms with Gasteiger partial charge < -0.3 is 24.4 Å². The summed E-state index contributed by atoms with van der Waals surface area (Å²) in [5.41, 5.74) is 4.00. The van der Waals surface area contributed by atoms with E-state index in [1.54, 1.807) is 7.11 Å². The molecule has 0 aromatic heterocycles. The molecule has 3 rings (SSSR count). The normalized spacial score (nSPS) is 15.5. The van der Waals surface area contributed by atoms with Gasteiger partial charge in [-0.1, -0.05) is 17.2 Å². The third-order valence-electron chi connectivity index (χ3n) is 5.47. The molecule has 2 aromatic rings. The Kier molecular flexibility index (Phi) is 7.71. The second-order valence-corrected chi connectivity index (χ2v) is 7.75. The van der Waals surface area contributed by atoms with Crippen molar-refractivity contribution >= 4 is 5.91 Å². The molecule has 162 valence electrons. The van der Waals surface area contributed by atoms with Crippen molar-refractivity contribution in [3.63, 3.8) is 0 Å². The first kappa shape index (κ1) is 22.1. The molecule has 1 saturated heterocycles. The molecule has 6 nitrogen and oxygen atoms in total. The molecule has 0 spiro atoms. The molecule has 1 aliphatic rings. The largest absolute Gasteiger partial charge is 0.493 e. The highest BCUT2D eigenvalue weighted by Crippen LogP contribution is 2.29. The lowest BCUT2D eigenvalue weighted by Gasteiger charge is -2.32. The minimum atomic E-state index is -0.0441. The minimum Gasteiger partial charge on any atom is -0.493 e. The Morgan fingerprint density at radius 2 is 1.80 bits per heavy atom. The van der Waals surface area contributed by atoms with Crippen LogP contribution in [0.4, 0.5) is 0 Å². The van der Waals surface area contributed by atoms with E-state index in [1.807, 2.05) is 45.0 Å². The lowest BCUT2D eigenvalue weighted by atomic mass is 10.0. The molecule has 0 bridgehead atoms. The van der Waals surface area contributed by atoms with Crippen molar-refractivity contribution in [2.45, 2.75) is 26.8 Å². The molecule has 1 heterocycles. The quantitative estimate of drug-likeness (QED) is 0.696. The van der Waals surface area contributed by atoms with Crippen molar-refractivity contribution in [1.82, 2.24) is 5.32 Å². The summed E-state index contributed by atoms with van der Waals surface area (Å²) in [4.78, 5) is 14.2. The first-order valence-corrected chi connectivity index (χ1v) is 10.6. The summed E-state index contributed by atoms with van der Waals surface area (Å²) in [5, 5.41) is 3.15. The van der Waals surface area contributed by atoms with E-state index in [0.29, 0.717) is 24.5 Å². The van der Waals surface area contributed by atoms with Crippen LogP contribution in [0.25, 0.3) is 0 Å². The Hall–Kier alpha value is -2.57. The molecule has 0 radical (unpaired) electrons. The van der Waals surface area contributed by atoms with E-state index in [4.69, 9.17) is 14.2 Å². The molecule has 0 aliphatic carbocycles. The average molecular weight is 414 g/mol. The van der Waals surface area contributed by atoms with E-state index in [9.17, 15) is 4.79 Å². The minimum absolute atomic E-state index is 0.0441. The zero-order valence-electron chi connectivity index (χ0n) is 18.4. The highest BCUT2D eigenvalue weighted by molar-refractivity contribution is 5.94. The smallest absolute Gasteiger partial charge is 0.251 e. The Labute approximate surface area is 179 Å². The number of methoxy groups -OCH3 is 1. The van der Waals surface area contributed by atoms with Gasteiger partial charge in [0.15, 0.2) is 11.5 Å². The highest BCUT2D eigenvalue weighted by Gasteiger charge is 2.28. The number of aryl methyl sites for hydroxylation is 2. The number of hydrogen-bond donors (Lipinski definition) is 2. The molecule has 30 heavy (non-hydrogen) atoms. The van der Waals surface area contributed by atoms with Crippen LogP contribution < -0.4 is 19.7 Å². The first-order chi connectivity index (χ1) is 14.5. The molecule has 2 N–H and O–H groups in total. The zero-order chi connectivity index (χ0) is 21.5. The van der Waals surface area contributed by atoms with E-state index < -0.39 is 0 Å². The molecular weight excluding hydrogens is 380 g/mol. The van der Waals surface area contributed by atoms with Crippen LogP contribution in [0, 0.1) is 13.8 Å². The standard InChI is InChI=1S/C24H32N2O4/c1-5-30-22-7-6-19(15-23(22)28-4)21(26-8-10-29-11-9-26)16-25-24(27)20-13-17(2)12-18(3)14-20/h6-7,12-15,21H,5,8-11,16H2,1-4H3,(H,25,27)/p+1/t21-/m1/s1. The summed E-state index contributed by atoms with van der Waals surface area (Å²) in [7, 11) is 1.65. The van der Waals surface area contributed by atoms with E-state index >= 15 is 0 Å². The number of hydrogen-bond acceptors (Lipinski definition) is 4. The van der Waals surface area contributed by atoms with Crippen LogP contribution >= 0.6 is 0 Å². The molecular formula is C24H33N2O4+. The summed E-state index contributed by atoms with van der Waals surface area (Å²) in [6.45, 7) is 10.4. The maximum absolute atomic E-state index is 12.8. The van der Waals surface area contributed by atoms with Gasteiger partial charge in [0.25, 0.3) is 5.91 Å². The van der Waals surface area contributed by atoms with E-state index in [2.05, 4.69) is 17.4 Å². The summed E-state index contributed by atoms with van der Waals surface area (Å²) < 4.78 is 16.8. The molecule has 1 aliphatic heterocycles. The number of nitrogens with one attached hydrogen (secondary N) is 2. The summed E-state index contributed by atoms with van der Waals surface area (Å²) >= 11 is 0. The van der Waals surface area contributed by atoms with Crippen molar-refractivity contribution < 1.29 is 23.9 Å². The van der Waals surface area contributed by atoms with Crippen molar-refractivity contribution in [3.8, 4) is 11.5 Å². The molecule has 1 amide bonds. The second kappa shape index (κ2) is 10.5. The van der Waals surface area contributed by atoms with Crippen LogP contribution in [-0.4, -0.2) is 52.5 Å². The molecule has 1 fully saturated rings. The van der Waals surface area contributed by atoms with Gasteiger partial charge in [-0.25, -0.2) is 0 Å². The fraction of sp³-hybridized carbons (Fsp3) is 0.458. The number of quaternary nitrogens is 1. The SMILES string of the molecule is CCOc1ccc([C@@H](CNC(=O)c2cc(C)cc(C)c2)[NH+]2CCOCC2)cc1OC. The third-order valence-corrected chi connectivity index (χ3v) is 5.47. The number of amides is 1.